The van der Waals surface area contributed by atoms with Crippen LogP contribution in [0.15, 0.2) is 0 Å². The summed E-state index contributed by atoms with van der Waals surface area (Å²) in [6, 6.07) is 0. The molecule has 0 spiro atoms. The molecule has 3 heteroatoms. The molecule has 3 nitrogen and oxygen atoms in total. The van der Waals surface area contributed by atoms with Crippen LogP contribution in [0.3, 0.4) is 0 Å². The van der Waals surface area contributed by atoms with Gasteiger partial charge in [0.2, 0.25) is 5.91 Å². The molecule has 0 bridgehead atoms. The van der Waals surface area contributed by atoms with E-state index >= 15 is 0 Å². The van der Waals surface area contributed by atoms with Crippen LogP contribution in [0, 0.1) is 0 Å². The molecule has 1 radical (unpaired) electrons. The van der Waals surface area contributed by atoms with Crippen molar-refractivity contribution in [2.45, 2.75) is 32.1 Å². The Balaban J connectivity index is 2.84. The highest BCUT2D eigenvalue weighted by atomic mass is 16.1. The Morgan fingerprint density at radius 2 is 1.80 bits per heavy atom. The summed E-state index contributed by atoms with van der Waals surface area (Å²) in [5.41, 5.74) is 11.9. The van der Waals surface area contributed by atoms with E-state index in [1.807, 2.05) is 0 Å². The summed E-state index contributed by atoms with van der Waals surface area (Å²) >= 11 is 0. The van der Waals surface area contributed by atoms with Crippen LogP contribution >= 0.6 is 0 Å². The maximum absolute atomic E-state index is 10.1. The van der Waals surface area contributed by atoms with Gasteiger partial charge in [0.15, 0.2) is 0 Å². The van der Waals surface area contributed by atoms with Gasteiger partial charge in [0, 0.05) is 6.42 Å². The lowest BCUT2D eigenvalue weighted by molar-refractivity contribution is -0.118. The fraction of sp³-hybridized carbons (Fsp3) is 0.857. The van der Waals surface area contributed by atoms with Gasteiger partial charge in [0.05, 0.1) is 0 Å². The average molecular weight is 143 g/mol. The molecular formula is C7H15N2O. The van der Waals surface area contributed by atoms with Gasteiger partial charge in [-0.25, -0.2) is 0 Å². The first kappa shape index (κ1) is 9.43. The minimum atomic E-state index is -0.451. The summed E-state index contributed by atoms with van der Waals surface area (Å²) in [7, 11) is 0. The van der Waals surface area contributed by atoms with E-state index in [4.69, 9.17) is 11.5 Å². The van der Waals surface area contributed by atoms with E-state index in [-0.39, 0.29) is 0 Å². The lowest BCUT2D eigenvalue weighted by Gasteiger charge is -1.95. The fourth-order valence-electron chi connectivity index (χ4n) is 0.783. The minimum absolute atomic E-state index is 0.407. The maximum atomic E-state index is 10.1. The Hall–Kier alpha value is -0.570. The van der Waals surface area contributed by atoms with Gasteiger partial charge in [-0.05, 0) is 19.4 Å². The van der Waals surface area contributed by atoms with E-state index in [1.165, 1.54) is 0 Å². The van der Waals surface area contributed by atoms with Crippen LogP contribution in [0.5, 0.6) is 0 Å². The first-order chi connectivity index (χ1) is 4.77. The molecule has 0 aliphatic heterocycles. The second-order valence-electron chi connectivity index (χ2n) is 2.38. The lowest BCUT2D eigenvalue weighted by atomic mass is 10.1. The van der Waals surface area contributed by atoms with Crippen LogP contribution in [-0.2, 0) is 4.79 Å². The van der Waals surface area contributed by atoms with Crippen LogP contribution in [0.1, 0.15) is 32.1 Å². The highest BCUT2D eigenvalue weighted by Crippen LogP contribution is 2.01. The number of carbonyl (C=O) groups excluding carboxylic acids is 1. The van der Waals surface area contributed by atoms with E-state index in [9.17, 15) is 4.79 Å². The van der Waals surface area contributed by atoms with Crippen LogP contribution < -0.4 is 11.5 Å². The van der Waals surface area contributed by atoms with E-state index in [0.29, 0.717) is 6.42 Å². The van der Waals surface area contributed by atoms with Gasteiger partial charge in [0.25, 0.3) is 0 Å². The average Bonchev–Trinajstić information content (AvgIpc) is 1.87. The summed E-state index contributed by atoms with van der Waals surface area (Å²) in [6.45, 7) is 0.731. The maximum Gasteiger partial charge on any atom is 0.238 e. The zero-order valence-electron chi connectivity index (χ0n) is 6.23. The molecule has 0 aromatic heterocycles. The molecule has 0 aliphatic carbocycles. The molecule has 0 heterocycles. The summed E-state index contributed by atoms with van der Waals surface area (Å²) < 4.78 is 0. The van der Waals surface area contributed by atoms with E-state index in [1.54, 1.807) is 0 Å². The standard InChI is InChI=1S/C7H15N2O/c8-6-4-2-1-3-5-7(9)10/h9H,1-6,8H2. The third-order valence-corrected chi connectivity index (χ3v) is 1.36. The molecule has 0 unspecified atom stereocenters. The third-order valence-electron chi connectivity index (χ3n) is 1.36. The third kappa shape index (κ3) is 7.43. The smallest absolute Gasteiger partial charge is 0.238 e. The summed E-state index contributed by atoms with van der Waals surface area (Å²) in [6.07, 6.45) is 4.41. The van der Waals surface area contributed by atoms with Crippen molar-refractivity contribution < 1.29 is 4.79 Å². The SMILES string of the molecule is [NH]C(=O)CCCCCCN. The second-order valence-corrected chi connectivity index (χ2v) is 2.38. The van der Waals surface area contributed by atoms with Gasteiger partial charge in [-0.3, -0.25) is 10.5 Å². The normalized spacial score (nSPS) is 9.70. The lowest BCUT2D eigenvalue weighted by Crippen LogP contribution is -1.99. The zero-order valence-corrected chi connectivity index (χ0v) is 6.23. The van der Waals surface area contributed by atoms with Gasteiger partial charge < -0.3 is 5.73 Å². The number of nitrogens with one attached hydrogen (secondary N) is 1. The van der Waals surface area contributed by atoms with E-state index < -0.39 is 5.91 Å². The van der Waals surface area contributed by atoms with Crippen LogP contribution in [0.4, 0.5) is 0 Å². The van der Waals surface area contributed by atoms with Crippen LogP contribution in [0.2, 0.25) is 0 Å². The first-order valence-electron chi connectivity index (χ1n) is 3.72. The number of rotatable bonds is 6. The molecule has 1 amide bonds. The number of amides is 1. The topological polar surface area (TPSA) is 66.9 Å². The quantitative estimate of drug-likeness (QED) is 0.556. The van der Waals surface area contributed by atoms with Gasteiger partial charge in [-0.15, -0.1) is 0 Å². The predicted molar refractivity (Wildman–Crippen MR) is 40.2 cm³/mol. The molecule has 0 saturated carbocycles. The first-order valence-corrected chi connectivity index (χ1v) is 3.72. The number of hydrogen-bond acceptors (Lipinski definition) is 2. The van der Waals surface area contributed by atoms with Crippen LogP contribution in [0.25, 0.3) is 0 Å². The number of carbonyl (C=O) groups is 1. The molecule has 0 aliphatic rings. The van der Waals surface area contributed by atoms with Crippen molar-refractivity contribution >= 4 is 5.91 Å². The Morgan fingerprint density at radius 3 is 2.30 bits per heavy atom. The van der Waals surface area contributed by atoms with Crippen molar-refractivity contribution in [3.63, 3.8) is 0 Å². The summed E-state index contributed by atoms with van der Waals surface area (Å²) in [4.78, 5) is 10.1. The minimum Gasteiger partial charge on any atom is -0.330 e. The van der Waals surface area contributed by atoms with Crippen LogP contribution in [-0.4, -0.2) is 12.5 Å². The van der Waals surface area contributed by atoms with E-state index in [0.717, 1.165) is 32.2 Å². The highest BCUT2D eigenvalue weighted by Gasteiger charge is 1.93. The molecule has 0 fully saturated rings. The molecule has 0 aromatic rings. The van der Waals surface area contributed by atoms with Crippen molar-refractivity contribution in [2.24, 2.45) is 5.73 Å². The Kier molecular flexibility index (Phi) is 6.18. The van der Waals surface area contributed by atoms with Gasteiger partial charge in [-0.2, -0.15) is 0 Å². The molecule has 0 rings (SSSR count). The van der Waals surface area contributed by atoms with Gasteiger partial charge in [-0.1, -0.05) is 12.8 Å². The fourth-order valence-corrected chi connectivity index (χ4v) is 0.783. The Bertz CT molecular complexity index is 93.6. The van der Waals surface area contributed by atoms with Crippen molar-refractivity contribution in [1.29, 1.82) is 0 Å². The van der Waals surface area contributed by atoms with Crippen molar-refractivity contribution in [3.05, 3.63) is 0 Å². The predicted octanol–water partition coefficient (Wildman–Crippen LogP) is 0.705. The highest BCUT2D eigenvalue weighted by molar-refractivity contribution is 5.72. The monoisotopic (exact) mass is 143 g/mol. The van der Waals surface area contributed by atoms with Gasteiger partial charge in [0.1, 0.15) is 0 Å². The number of nitrogens with two attached hydrogens (primary N) is 1. The molecule has 0 saturated heterocycles. The van der Waals surface area contributed by atoms with E-state index in [2.05, 4.69) is 0 Å². The van der Waals surface area contributed by atoms with Crippen molar-refractivity contribution in [1.82, 2.24) is 5.73 Å². The molecular weight excluding hydrogens is 128 g/mol. The molecule has 0 atom stereocenters. The Labute approximate surface area is 61.8 Å². The van der Waals surface area contributed by atoms with Gasteiger partial charge >= 0.3 is 0 Å². The molecule has 10 heavy (non-hydrogen) atoms. The molecule has 3 N–H and O–H groups in total. The van der Waals surface area contributed by atoms with Crippen molar-refractivity contribution in [2.75, 3.05) is 6.54 Å². The zero-order chi connectivity index (χ0) is 7.82. The Morgan fingerprint density at radius 1 is 1.20 bits per heavy atom. The second kappa shape index (κ2) is 6.55. The van der Waals surface area contributed by atoms with Crippen molar-refractivity contribution in [3.8, 4) is 0 Å². The summed E-state index contributed by atoms with van der Waals surface area (Å²) in [5.74, 6) is -0.451. The molecule has 0 aromatic carbocycles. The molecule has 59 valence electrons. The number of hydrogen-bond donors (Lipinski definition) is 1. The number of unbranched alkanes of at least 4 members (excludes halogenated alkanes) is 3. The largest absolute Gasteiger partial charge is 0.330 e. The summed E-state index contributed by atoms with van der Waals surface area (Å²) in [5, 5.41) is 0.